The Labute approximate surface area is 829 Å². The van der Waals surface area contributed by atoms with Crippen LogP contribution in [0.25, 0.3) is 0 Å². The second-order valence-electron chi connectivity index (χ2n) is 33.8. The number of amides is 4. The minimum Gasteiger partial charge on any atom is -0.456 e. The molecule has 12 aromatic rings. The van der Waals surface area contributed by atoms with Gasteiger partial charge in [-0.25, -0.2) is 38.1 Å². The lowest BCUT2D eigenvalue weighted by atomic mass is 10.1. The first kappa shape index (κ1) is 104. The first-order chi connectivity index (χ1) is 66.3. The van der Waals surface area contributed by atoms with Gasteiger partial charge in [0.2, 0.25) is 40.1 Å². The number of ether oxygens (including phenoxy) is 1. The van der Waals surface area contributed by atoms with Gasteiger partial charge in [-0.2, -0.15) is 38.3 Å². The van der Waals surface area contributed by atoms with Crippen molar-refractivity contribution >= 4 is 111 Å². The average molecular weight is 2020 g/mol. The van der Waals surface area contributed by atoms with Crippen molar-refractivity contribution < 1.29 is 62.0 Å². The van der Waals surface area contributed by atoms with Crippen LogP contribution in [0.4, 0.5) is 4.39 Å². The van der Waals surface area contributed by atoms with E-state index in [0.29, 0.717) is 104 Å². The average Bonchev–Trinajstić information content (AvgIpc) is 0.785. The molecule has 16 rings (SSSR count). The molecular formula is C105H100ClFN12O13S7. The molecule has 4 aliphatic heterocycles. The molecule has 0 bridgehead atoms. The molecule has 0 N–H and O–H groups in total. The van der Waals surface area contributed by atoms with Crippen molar-refractivity contribution in [1.82, 2.24) is 36.8 Å². The molecule has 0 spiro atoms. The standard InChI is InChI=1S/2C27H27N3O3S2.C26H25N3O3S2.C25H21ClFN3O4S/c2*1-19-4-7-23(8-5-19)27(31)29-10-12-30(13-11-29)35(32,33)26-17-22(18-28)6-9-25(26)34-24-15-20(2)14-21(3)16-24;1-19-14-20(2)16-23(15-19)33-24-9-8-21(18-27)17-25(24)34(31,32)29-12-10-28(11-13-29)26(30)22-6-4-3-5-7-22;1-17-12-20(26)15-22(13-17)34-23-7-2-18(16-28)14-24(23)35(32,33)30-10-8-29(9-11-30)25(31)19-3-5-21(27)6-4-19/h2*4-9,14-17H,10-13H2,1-3H3;3-9,14-17H,10-13H2,1-2H3;2-7,12-15H,8-11H2,1H3. The highest BCUT2D eigenvalue weighted by Gasteiger charge is 2.39. The number of benzene rings is 12. The highest BCUT2D eigenvalue weighted by atomic mass is 35.5. The first-order valence-electron chi connectivity index (χ1n) is 44.3. The molecule has 4 aliphatic rings. The Hall–Kier alpha value is -12.8. The van der Waals surface area contributed by atoms with Gasteiger partial charge in [0, 0.05) is 161 Å². The van der Waals surface area contributed by atoms with Crippen LogP contribution in [0.1, 0.15) is 114 Å². The van der Waals surface area contributed by atoms with E-state index in [9.17, 15) is 78.3 Å². The second-order valence-corrected chi connectivity index (χ2v) is 45.2. The maximum Gasteiger partial charge on any atom is 0.253 e. The number of rotatable bonds is 20. The van der Waals surface area contributed by atoms with Gasteiger partial charge in [0.25, 0.3) is 23.6 Å². The van der Waals surface area contributed by atoms with Gasteiger partial charge < -0.3 is 24.3 Å². The fourth-order valence-corrected chi connectivity index (χ4v) is 26.9. The normalized spacial score (nSPS) is 14.5. The zero-order valence-electron chi connectivity index (χ0n) is 77.8. The Kier molecular flexibility index (Phi) is 34.2. The van der Waals surface area contributed by atoms with Crippen molar-refractivity contribution in [2.75, 3.05) is 105 Å². The molecule has 4 heterocycles. The predicted octanol–water partition coefficient (Wildman–Crippen LogP) is 18.6. The number of halogens is 2. The summed E-state index contributed by atoms with van der Waals surface area (Å²) >= 11 is 10.2. The third-order valence-electron chi connectivity index (χ3n) is 23.1. The van der Waals surface area contributed by atoms with Gasteiger partial charge in [-0.05, 0) is 289 Å². The minimum atomic E-state index is -4.05. The molecule has 0 radical (unpaired) electrons. The molecule has 0 aliphatic carbocycles. The Morgan fingerprint density at radius 1 is 0.295 bits per heavy atom. The Bertz CT molecular complexity index is 6720. The first-order valence-corrected chi connectivity index (χ1v) is 52.9. The van der Waals surface area contributed by atoms with Gasteiger partial charge >= 0.3 is 0 Å². The van der Waals surface area contributed by atoms with Crippen molar-refractivity contribution in [3.8, 4) is 35.8 Å². The van der Waals surface area contributed by atoms with Crippen LogP contribution in [0.2, 0.25) is 5.02 Å². The molecule has 4 amide bonds. The van der Waals surface area contributed by atoms with Gasteiger partial charge in [0.1, 0.15) is 22.2 Å². The predicted molar refractivity (Wildman–Crippen MR) is 535 cm³/mol. The number of carbonyl (C=O) groups excluding carboxylic acids is 4. The van der Waals surface area contributed by atoms with Crippen molar-refractivity contribution in [2.45, 2.75) is 111 Å². The van der Waals surface area contributed by atoms with Gasteiger partial charge in [0.05, 0.1) is 61.2 Å². The van der Waals surface area contributed by atoms with Crippen LogP contribution >= 0.6 is 46.9 Å². The molecule has 4 saturated heterocycles. The van der Waals surface area contributed by atoms with E-state index < -0.39 is 45.9 Å². The van der Waals surface area contributed by atoms with Crippen LogP contribution in [-0.4, -0.2) is 199 Å². The number of piperazine rings is 4. The Morgan fingerprint density at radius 2 is 0.554 bits per heavy atom. The summed E-state index contributed by atoms with van der Waals surface area (Å²) in [6.45, 7) is 21.3. The molecule has 0 aromatic heterocycles. The van der Waals surface area contributed by atoms with E-state index in [1.807, 2.05) is 153 Å². The van der Waals surface area contributed by atoms with E-state index in [1.165, 1.54) is 118 Å². The third kappa shape index (κ3) is 26.2. The van der Waals surface area contributed by atoms with E-state index in [1.54, 1.807) is 106 Å². The van der Waals surface area contributed by atoms with Gasteiger partial charge in [0.15, 0.2) is 0 Å². The lowest BCUT2D eigenvalue weighted by Gasteiger charge is -2.34. The fourth-order valence-electron chi connectivity index (χ4n) is 16.1. The summed E-state index contributed by atoms with van der Waals surface area (Å²) in [6, 6.07) is 79.0. The molecule has 25 nitrogen and oxygen atoms in total. The zero-order valence-corrected chi connectivity index (χ0v) is 84.2. The third-order valence-corrected chi connectivity index (χ3v) is 34.6. The highest BCUT2D eigenvalue weighted by molar-refractivity contribution is 8.01. The second kappa shape index (κ2) is 45.9. The molecule has 0 atom stereocenters. The van der Waals surface area contributed by atoms with Crippen molar-refractivity contribution in [3.05, 3.63) is 354 Å². The lowest BCUT2D eigenvalue weighted by molar-refractivity contribution is 0.0691. The van der Waals surface area contributed by atoms with Gasteiger partial charge in [-0.3, -0.25) is 19.2 Å². The number of hydrogen-bond acceptors (Lipinski definition) is 20. The number of hydrogen-bond donors (Lipinski definition) is 0. The molecule has 34 heteroatoms. The number of nitrogens with zero attached hydrogens (tertiary/aromatic N) is 12. The van der Waals surface area contributed by atoms with Gasteiger partial charge in [-0.15, -0.1) is 0 Å². The van der Waals surface area contributed by atoms with Crippen LogP contribution < -0.4 is 4.74 Å². The topological polar surface area (TPSA) is 335 Å². The summed E-state index contributed by atoms with van der Waals surface area (Å²) in [7, 11) is -15.6. The van der Waals surface area contributed by atoms with Crippen LogP contribution in [0.3, 0.4) is 0 Å². The van der Waals surface area contributed by atoms with E-state index in [2.05, 4.69) is 30.3 Å². The number of aryl methyl sites for hydroxylation is 9. The summed E-state index contributed by atoms with van der Waals surface area (Å²) in [6.07, 6.45) is 0. The summed E-state index contributed by atoms with van der Waals surface area (Å²) in [4.78, 5) is 62.5. The maximum atomic E-state index is 13.7. The van der Waals surface area contributed by atoms with Gasteiger partial charge in [-0.1, -0.05) is 119 Å². The summed E-state index contributed by atoms with van der Waals surface area (Å²) in [5, 5.41) is 38.0. The van der Waals surface area contributed by atoms with Crippen molar-refractivity contribution in [3.63, 3.8) is 0 Å². The Morgan fingerprint density at radius 3 is 0.842 bits per heavy atom. The van der Waals surface area contributed by atoms with E-state index in [4.69, 9.17) is 16.3 Å². The SMILES string of the molecule is Cc1cc(C)cc(Sc2ccc(C#N)cc2S(=O)(=O)N2CCN(C(=O)c3ccccc3)CC2)c1.Cc1cc(Cl)cc(Oc2ccc(C#N)cc2S(=O)(=O)N2CCN(C(=O)c3ccc(F)cc3)CC2)c1.Cc1ccc(C(=O)N2CCN(S(=O)(=O)c3cc(C#N)ccc3Sc3cc(C)cc(C)c3)CC2)cc1.Cc1ccc(C(=O)N2CCN(S(=O)(=O)c3cc(C#N)ccc3Sc3cc(C)cc(C)c3)CC2)cc1. The zero-order chi connectivity index (χ0) is 99.8. The lowest BCUT2D eigenvalue weighted by Crippen LogP contribution is -2.50. The molecule has 714 valence electrons. The summed E-state index contributed by atoms with van der Waals surface area (Å²) in [5.41, 5.74) is 12.7. The quantitative estimate of drug-likeness (QED) is 0.0684. The van der Waals surface area contributed by atoms with E-state index in [0.717, 1.165) is 64.8 Å². The highest BCUT2D eigenvalue weighted by Crippen LogP contribution is 2.42. The number of nitriles is 4. The molecule has 0 saturated carbocycles. The van der Waals surface area contributed by atoms with E-state index in [-0.39, 0.29) is 120 Å². The van der Waals surface area contributed by atoms with Crippen molar-refractivity contribution in [1.29, 1.82) is 21.0 Å². The van der Waals surface area contributed by atoms with Crippen LogP contribution in [0, 0.1) is 113 Å². The Balaban J connectivity index is 0.000000156. The smallest absolute Gasteiger partial charge is 0.253 e. The van der Waals surface area contributed by atoms with Crippen LogP contribution in [0.5, 0.6) is 11.5 Å². The summed E-state index contributed by atoms with van der Waals surface area (Å²) in [5.74, 6) is -0.604. The summed E-state index contributed by atoms with van der Waals surface area (Å²) < 4.78 is 134. The maximum absolute atomic E-state index is 13.7. The molecule has 0 unspecified atom stereocenters. The fraction of sp³-hybridized carbons (Fsp3) is 0.238. The molecule has 4 fully saturated rings. The van der Waals surface area contributed by atoms with Crippen molar-refractivity contribution in [2.24, 2.45) is 0 Å². The molecule has 12 aromatic carbocycles. The number of carbonyl (C=O) groups is 4. The number of sulfonamides is 4. The largest absolute Gasteiger partial charge is 0.456 e. The van der Waals surface area contributed by atoms with Crippen LogP contribution in [-0.2, 0) is 40.1 Å². The van der Waals surface area contributed by atoms with Crippen LogP contribution in [0.15, 0.2) is 298 Å². The minimum absolute atomic E-state index is 0.0573. The van der Waals surface area contributed by atoms with E-state index >= 15 is 0 Å². The monoisotopic (exact) mass is 2010 g/mol. The molecular weight excluding hydrogens is 1920 g/mol. The molecule has 139 heavy (non-hydrogen) atoms.